The van der Waals surface area contributed by atoms with Crippen molar-refractivity contribution in [1.29, 1.82) is 0 Å². The largest absolute Gasteiger partial charge is 0.316 e. The predicted octanol–water partition coefficient (Wildman–Crippen LogP) is 1.27. The molecule has 0 atom stereocenters. The maximum atomic E-state index is 3.11. The van der Waals surface area contributed by atoms with Gasteiger partial charge in [0.25, 0.3) is 0 Å². The van der Waals surface area contributed by atoms with Gasteiger partial charge in [-0.3, -0.25) is 0 Å². The van der Waals surface area contributed by atoms with E-state index in [0.29, 0.717) is 0 Å². The molecule has 0 amide bonds. The third-order valence-electron chi connectivity index (χ3n) is 1.45. The average Bonchev–Trinajstić information content (AvgIpc) is 2.34. The number of hydrogen-bond donors (Lipinski definition) is 1. The Kier molecular flexibility index (Phi) is 3.15. The lowest BCUT2D eigenvalue weighted by atomic mass is 10.2. The zero-order chi connectivity index (χ0) is 6.53. The molecule has 0 bridgehead atoms. The third-order valence-corrected chi connectivity index (χ3v) is 2.52. The monoisotopic (exact) mass is 143 g/mol. The van der Waals surface area contributed by atoms with Gasteiger partial charge >= 0.3 is 0 Å². The fourth-order valence-corrected chi connectivity index (χ4v) is 1.96. The first-order chi connectivity index (χ1) is 4.43. The second kappa shape index (κ2) is 3.96. The maximum absolute atomic E-state index is 3.11. The highest BCUT2D eigenvalue weighted by Gasteiger charge is 2.04. The zero-order valence-electron chi connectivity index (χ0n) is 5.81. The van der Waals surface area contributed by atoms with Crippen LogP contribution in [0.1, 0.15) is 6.42 Å². The Labute approximate surface area is 60.9 Å². The van der Waals surface area contributed by atoms with Crippen LogP contribution >= 0.6 is 11.8 Å². The number of rotatable bonds is 2. The molecule has 0 spiro atoms. The van der Waals surface area contributed by atoms with E-state index >= 15 is 0 Å². The highest BCUT2D eigenvalue weighted by Crippen LogP contribution is 2.21. The standard InChI is InChI=1S/C7H13NS/c1-8-4-2-7-3-5-9-6-7/h2,8H,3-6H2,1H3. The van der Waals surface area contributed by atoms with Gasteiger partial charge in [-0.25, -0.2) is 0 Å². The molecule has 0 aromatic heterocycles. The minimum Gasteiger partial charge on any atom is -0.316 e. The lowest BCUT2D eigenvalue weighted by Gasteiger charge is -1.92. The molecule has 1 fully saturated rings. The van der Waals surface area contributed by atoms with E-state index in [1.807, 2.05) is 18.8 Å². The fraction of sp³-hybridized carbons (Fsp3) is 0.714. The van der Waals surface area contributed by atoms with Gasteiger partial charge in [0.05, 0.1) is 0 Å². The normalized spacial score (nSPS) is 23.4. The summed E-state index contributed by atoms with van der Waals surface area (Å²) in [5, 5.41) is 3.11. The van der Waals surface area contributed by atoms with E-state index in [1.54, 1.807) is 5.57 Å². The van der Waals surface area contributed by atoms with Crippen molar-refractivity contribution in [1.82, 2.24) is 5.32 Å². The van der Waals surface area contributed by atoms with Crippen LogP contribution in [-0.2, 0) is 0 Å². The summed E-state index contributed by atoms with van der Waals surface area (Å²) in [5.74, 6) is 2.59. The molecule has 1 heterocycles. The molecule has 2 heteroatoms. The molecule has 1 aliphatic heterocycles. The summed E-state index contributed by atoms with van der Waals surface area (Å²) in [5.41, 5.74) is 1.62. The van der Waals surface area contributed by atoms with Crippen LogP contribution in [0.3, 0.4) is 0 Å². The topological polar surface area (TPSA) is 12.0 Å². The van der Waals surface area contributed by atoms with E-state index in [9.17, 15) is 0 Å². The van der Waals surface area contributed by atoms with Crippen molar-refractivity contribution in [2.45, 2.75) is 6.42 Å². The van der Waals surface area contributed by atoms with E-state index in [2.05, 4.69) is 11.4 Å². The molecule has 1 rings (SSSR count). The molecule has 0 radical (unpaired) electrons. The summed E-state index contributed by atoms with van der Waals surface area (Å²) in [6.07, 6.45) is 3.62. The first kappa shape index (κ1) is 7.16. The minimum atomic E-state index is 1.04. The highest BCUT2D eigenvalue weighted by atomic mass is 32.2. The Bertz CT molecular complexity index is 101. The quantitative estimate of drug-likeness (QED) is 0.584. The summed E-state index contributed by atoms with van der Waals surface area (Å²) in [7, 11) is 1.99. The van der Waals surface area contributed by atoms with Crippen LogP contribution in [0, 0.1) is 0 Å². The van der Waals surface area contributed by atoms with Crippen molar-refractivity contribution >= 4 is 11.8 Å². The van der Waals surface area contributed by atoms with Crippen molar-refractivity contribution < 1.29 is 0 Å². The van der Waals surface area contributed by atoms with E-state index in [-0.39, 0.29) is 0 Å². The smallest absolute Gasteiger partial charge is 0.0144 e. The van der Waals surface area contributed by atoms with Gasteiger partial charge in [0.1, 0.15) is 0 Å². The molecule has 1 N–H and O–H groups in total. The first-order valence-electron chi connectivity index (χ1n) is 3.33. The van der Waals surface area contributed by atoms with Crippen molar-refractivity contribution in [3.05, 3.63) is 11.6 Å². The van der Waals surface area contributed by atoms with E-state index < -0.39 is 0 Å². The number of likely N-dealkylation sites (N-methyl/N-ethyl adjacent to an activating group) is 1. The molecular formula is C7H13NS. The van der Waals surface area contributed by atoms with Gasteiger partial charge in [0.15, 0.2) is 0 Å². The van der Waals surface area contributed by atoms with Crippen molar-refractivity contribution in [3.63, 3.8) is 0 Å². The third kappa shape index (κ3) is 2.41. The fourth-order valence-electron chi connectivity index (χ4n) is 0.886. The van der Waals surface area contributed by atoms with Crippen molar-refractivity contribution in [3.8, 4) is 0 Å². The van der Waals surface area contributed by atoms with Crippen LogP contribution in [0.25, 0.3) is 0 Å². The molecule has 9 heavy (non-hydrogen) atoms. The SMILES string of the molecule is CNCC=C1CCSC1. The number of hydrogen-bond acceptors (Lipinski definition) is 2. The molecule has 52 valence electrons. The van der Waals surface area contributed by atoms with Gasteiger partial charge in [-0.1, -0.05) is 11.6 Å². The molecule has 1 nitrogen and oxygen atoms in total. The Morgan fingerprint density at radius 3 is 3.22 bits per heavy atom. The van der Waals surface area contributed by atoms with Crippen LogP contribution in [0.5, 0.6) is 0 Å². The minimum absolute atomic E-state index is 1.04. The summed E-state index contributed by atoms with van der Waals surface area (Å²) in [6.45, 7) is 1.04. The number of nitrogens with one attached hydrogen (secondary N) is 1. The Balaban J connectivity index is 2.22. The van der Waals surface area contributed by atoms with E-state index in [4.69, 9.17) is 0 Å². The summed E-state index contributed by atoms with van der Waals surface area (Å²) < 4.78 is 0. The van der Waals surface area contributed by atoms with Crippen molar-refractivity contribution in [2.75, 3.05) is 25.1 Å². The second-order valence-corrected chi connectivity index (χ2v) is 3.33. The Hall–Kier alpha value is 0.0500. The van der Waals surface area contributed by atoms with E-state index in [0.717, 1.165) is 6.54 Å². The van der Waals surface area contributed by atoms with Crippen molar-refractivity contribution in [2.24, 2.45) is 0 Å². The highest BCUT2D eigenvalue weighted by molar-refractivity contribution is 7.99. The van der Waals surface area contributed by atoms with Gasteiger partial charge in [0.2, 0.25) is 0 Å². The van der Waals surface area contributed by atoms with Gasteiger partial charge < -0.3 is 5.32 Å². The second-order valence-electron chi connectivity index (χ2n) is 2.22. The summed E-state index contributed by atoms with van der Waals surface area (Å²) >= 11 is 2.04. The lowest BCUT2D eigenvalue weighted by Crippen LogP contribution is -2.05. The molecule has 0 aliphatic carbocycles. The molecule has 0 unspecified atom stereocenters. The van der Waals surface area contributed by atoms with Gasteiger partial charge in [-0.05, 0) is 19.2 Å². The number of thioether (sulfide) groups is 1. The molecule has 1 saturated heterocycles. The Morgan fingerprint density at radius 2 is 2.67 bits per heavy atom. The Morgan fingerprint density at radius 1 is 1.78 bits per heavy atom. The van der Waals surface area contributed by atoms with Gasteiger partial charge in [0, 0.05) is 12.3 Å². The maximum Gasteiger partial charge on any atom is 0.0144 e. The lowest BCUT2D eigenvalue weighted by molar-refractivity contribution is 0.908. The van der Waals surface area contributed by atoms with Crippen LogP contribution in [-0.4, -0.2) is 25.1 Å². The molecule has 0 aromatic carbocycles. The molecular weight excluding hydrogens is 130 g/mol. The van der Waals surface area contributed by atoms with Gasteiger partial charge in [-0.2, -0.15) is 11.8 Å². The first-order valence-corrected chi connectivity index (χ1v) is 4.49. The predicted molar refractivity (Wildman–Crippen MR) is 44.0 cm³/mol. The molecule has 0 aromatic rings. The average molecular weight is 143 g/mol. The summed E-state index contributed by atoms with van der Waals surface area (Å²) in [6, 6.07) is 0. The molecule has 0 saturated carbocycles. The molecule has 1 aliphatic rings. The van der Waals surface area contributed by atoms with Crippen LogP contribution < -0.4 is 5.32 Å². The summed E-state index contributed by atoms with van der Waals surface area (Å²) in [4.78, 5) is 0. The van der Waals surface area contributed by atoms with E-state index in [1.165, 1.54) is 17.9 Å². The van der Waals surface area contributed by atoms with Crippen LogP contribution in [0.2, 0.25) is 0 Å². The zero-order valence-corrected chi connectivity index (χ0v) is 6.63. The van der Waals surface area contributed by atoms with Crippen LogP contribution in [0.15, 0.2) is 11.6 Å². The van der Waals surface area contributed by atoms with Crippen LogP contribution in [0.4, 0.5) is 0 Å². The van der Waals surface area contributed by atoms with Gasteiger partial charge in [-0.15, -0.1) is 0 Å².